The average molecular weight is 525 g/mol. The predicted molar refractivity (Wildman–Crippen MR) is 149 cm³/mol. The fourth-order valence-corrected chi connectivity index (χ4v) is 4.32. The van der Waals surface area contributed by atoms with Crippen LogP contribution in [0.4, 0.5) is 11.4 Å². The van der Waals surface area contributed by atoms with Gasteiger partial charge in [-0.05, 0) is 73.0 Å². The van der Waals surface area contributed by atoms with E-state index in [1.54, 1.807) is 6.07 Å². The van der Waals surface area contributed by atoms with Gasteiger partial charge >= 0.3 is 0 Å². The van der Waals surface area contributed by atoms with Gasteiger partial charge in [0.2, 0.25) is 0 Å². The molecule has 4 rings (SSSR count). The quantitative estimate of drug-likeness (QED) is 0.206. The van der Waals surface area contributed by atoms with Crippen molar-refractivity contribution in [2.45, 2.75) is 20.0 Å². The molecule has 0 N–H and O–H groups in total. The number of hydrogen-bond donors (Lipinski definition) is 0. The van der Waals surface area contributed by atoms with Crippen LogP contribution >= 0.6 is 23.2 Å². The van der Waals surface area contributed by atoms with Crippen LogP contribution in [-0.2, 0) is 17.8 Å². The predicted octanol–water partition coefficient (Wildman–Crippen LogP) is 7.29. The first-order chi connectivity index (χ1) is 17.6. The minimum absolute atomic E-state index is 0.337. The molecule has 36 heavy (non-hydrogen) atoms. The van der Waals surface area contributed by atoms with Gasteiger partial charge in [-0.3, -0.25) is 4.99 Å². The van der Waals surface area contributed by atoms with E-state index in [1.807, 2.05) is 49.5 Å². The summed E-state index contributed by atoms with van der Waals surface area (Å²) in [5, 5.41) is 1.01. The highest BCUT2D eigenvalue weighted by molar-refractivity contribution is 6.42. The second-order valence-corrected chi connectivity index (χ2v) is 9.16. The SMILES string of the molecule is C=CCc1cc(C=Nc2ccc(N3CCOCC3)cc2)cc(OCC)c1OCc1ccc(Cl)c(Cl)c1. The maximum atomic E-state index is 6.21. The third-order valence-electron chi connectivity index (χ3n) is 5.77. The number of halogens is 2. The Kier molecular flexibility index (Phi) is 9.29. The largest absolute Gasteiger partial charge is 0.490 e. The molecule has 188 valence electrons. The zero-order chi connectivity index (χ0) is 25.3. The number of hydrogen-bond acceptors (Lipinski definition) is 5. The molecule has 0 spiro atoms. The molecule has 0 aliphatic carbocycles. The van der Waals surface area contributed by atoms with Crippen molar-refractivity contribution in [3.05, 3.63) is 94.0 Å². The van der Waals surface area contributed by atoms with Gasteiger partial charge in [-0.15, -0.1) is 6.58 Å². The van der Waals surface area contributed by atoms with Gasteiger partial charge in [-0.2, -0.15) is 0 Å². The van der Waals surface area contributed by atoms with Gasteiger partial charge in [0.1, 0.15) is 6.61 Å². The van der Waals surface area contributed by atoms with Crippen LogP contribution in [0.5, 0.6) is 11.5 Å². The van der Waals surface area contributed by atoms with Gasteiger partial charge in [0.15, 0.2) is 11.5 Å². The monoisotopic (exact) mass is 524 g/mol. The molecule has 0 radical (unpaired) electrons. The molecule has 1 heterocycles. The Balaban J connectivity index is 1.54. The highest BCUT2D eigenvalue weighted by Gasteiger charge is 2.14. The molecule has 0 amide bonds. The lowest BCUT2D eigenvalue weighted by molar-refractivity contribution is 0.122. The third-order valence-corrected chi connectivity index (χ3v) is 6.51. The number of benzene rings is 3. The second-order valence-electron chi connectivity index (χ2n) is 8.34. The lowest BCUT2D eigenvalue weighted by Crippen LogP contribution is -2.36. The molecular formula is C29H30Cl2N2O3. The Hall–Kier alpha value is -2.99. The zero-order valence-electron chi connectivity index (χ0n) is 20.4. The minimum atomic E-state index is 0.337. The van der Waals surface area contributed by atoms with E-state index in [2.05, 4.69) is 34.7 Å². The number of nitrogens with zero attached hydrogens (tertiary/aromatic N) is 2. The molecule has 1 aliphatic rings. The lowest BCUT2D eigenvalue weighted by Gasteiger charge is -2.28. The Bertz CT molecular complexity index is 1210. The van der Waals surface area contributed by atoms with Crippen molar-refractivity contribution in [1.29, 1.82) is 0 Å². The van der Waals surface area contributed by atoms with Gasteiger partial charge in [0.25, 0.3) is 0 Å². The van der Waals surface area contributed by atoms with Gasteiger partial charge < -0.3 is 19.1 Å². The molecule has 0 unspecified atom stereocenters. The normalized spacial score (nSPS) is 13.7. The topological polar surface area (TPSA) is 43.3 Å². The molecule has 3 aromatic carbocycles. The molecule has 5 nitrogen and oxygen atoms in total. The standard InChI is InChI=1S/C29H30Cl2N2O3/c1-3-5-23-16-22(19-32-24-7-9-25(10-8-24)33-12-14-34-15-13-33)18-28(35-4-2)29(23)36-20-21-6-11-26(30)27(31)17-21/h3,6-11,16-19H,1,4-5,12-15,20H2,2H3. The van der Waals surface area contributed by atoms with Crippen LogP contribution in [0, 0.1) is 0 Å². The van der Waals surface area contributed by atoms with Crippen LogP contribution in [0.15, 0.2) is 72.2 Å². The van der Waals surface area contributed by atoms with E-state index < -0.39 is 0 Å². The van der Waals surface area contributed by atoms with Crippen LogP contribution in [0.2, 0.25) is 10.0 Å². The van der Waals surface area contributed by atoms with Crippen LogP contribution in [0.3, 0.4) is 0 Å². The first-order valence-corrected chi connectivity index (χ1v) is 12.8. The zero-order valence-corrected chi connectivity index (χ0v) is 21.9. The van der Waals surface area contributed by atoms with E-state index in [0.717, 1.165) is 48.7 Å². The number of ether oxygens (including phenoxy) is 3. The van der Waals surface area contributed by atoms with Crippen molar-refractivity contribution in [3.8, 4) is 11.5 Å². The molecule has 3 aromatic rings. The van der Waals surface area contributed by atoms with Crippen LogP contribution < -0.4 is 14.4 Å². The maximum Gasteiger partial charge on any atom is 0.165 e. The smallest absolute Gasteiger partial charge is 0.165 e. The maximum absolute atomic E-state index is 6.21. The molecule has 0 saturated carbocycles. The van der Waals surface area contributed by atoms with Crippen LogP contribution in [0.25, 0.3) is 0 Å². The van der Waals surface area contributed by atoms with Crippen molar-refractivity contribution in [1.82, 2.24) is 0 Å². The number of rotatable bonds is 10. The summed E-state index contributed by atoms with van der Waals surface area (Å²) >= 11 is 12.2. The first-order valence-electron chi connectivity index (χ1n) is 12.0. The Morgan fingerprint density at radius 2 is 1.78 bits per heavy atom. The molecule has 1 saturated heterocycles. The van der Waals surface area contributed by atoms with Gasteiger partial charge in [-0.1, -0.05) is 35.3 Å². The summed E-state index contributed by atoms with van der Waals surface area (Å²) in [6.45, 7) is 10.1. The first kappa shape index (κ1) is 26.1. The summed E-state index contributed by atoms with van der Waals surface area (Å²) in [5.74, 6) is 1.36. The number of aliphatic imine (C=N–C) groups is 1. The van der Waals surface area contributed by atoms with Crippen LogP contribution in [-0.4, -0.2) is 39.1 Å². The van der Waals surface area contributed by atoms with Gasteiger partial charge in [0, 0.05) is 30.6 Å². The number of morpholine rings is 1. The number of anilines is 1. The van der Waals surface area contributed by atoms with Gasteiger partial charge in [0.05, 0.1) is 35.6 Å². The van der Waals surface area contributed by atoms with E-state index in [-0.39, 0.29) is 0 Å². The van der Waals surface area contributed by atoms with Crippen molar-refractivity contribution in [2.24, 2.45) is 4.99 Å². The fourth-order valence-electron chi connectivity index (χ4n) is 4.00. The summed E-state index contributed by atoms with van der Waals surface area (Å²) in [6, 6.07) is 17.7. The van der Waals surface area contributed by atoms with Gasteiger partial charge in [-0.25, -0.2) is 0 Å². The summed E-state index contributed by atoms with van der Waals surface area (Å²) in [7, 11) is 0. The fraction of sp³-hybridized carbons (Fsp3) is 0.276. The molecule has 0 bridgehead atoms. The van der Waals surface area contributed by atoms with Crippen molar-refractivity contribution >= 4 is 40.8 Å². The van der Waals surface area contributed by atoms with E-state index in [9.17, 15) is 0 Å². The van der Waals surface area contributed by atoms with Crippen molar-refractivity contribution < 1.29 is 14.2 Å². The van der Waals surface area contributed by atoms with E-state index >= 15 is 0 Å². The lowest BCUT2D eigenvalue weighted by atomic mass is 10.1. The van der Waals surface area contributed by atoms with Crippen molar-refractivity contribution in [2.75, 3.05) is 37.8 Å². The summed E-state index contributed by atoms with van der Waals surface area (Å²) < 4.78 is 17.6. The van der Waals surface area contributed by atoms with Crippen LogP contribution in [0.1, 0.15) is 23.6 Å². The minimum Gasteiger partial charge on any atom is -0.490 e. The molecule has 0 atom stereocenters. The van der Waals surface area contributed by atoms with E-state index in [4.69, 9.17) is 37.4 Å². The summed E-state index contributed by atoms with van der Waals surface area (Å²) in [5.41, 5.74) is 4.89. The van der Waals surface area contributed by atoms with E-state index in [0.29, 0.717) is 41.2 Å². The third kappa shape index (κ3) is 6.82. The Morgan fingerprint density at radius 3 is 2.47 bits per heavy atom. The summed E-state index contributed by atoms with van der Waals surface area (Å²) in [4.78, 5) is 7.01. The molecule has 1 aliphatic heterocycles. The second kappa shape index (κ2) is 12.8. The molecule has 7 heteroatoms. The average Bonchev–Trinajstić information content (AvgIpc) is 2.90. The molecule has 0 aromatic heterocycles. The summed E-state index contributed by atoms with van der Waals surface area (Å²) in [6.07, 6.45) is 4.33. The highest BCUT2D eigenvalue weighted by Crippen LogP contribution is 2.35. The molecule has 1 fully saturated rings. The Morgan fingerprint density at radius 1 is 1.00 bits per heavy atom. The number of allylic oxidation sites excluding steroid dienone is 1. The molecular weight excluding hydrogens is 495 g/mol. The highest BCUT2D eigenvalue weighted by atomic mass is 35.5. The van der Waals surface area contributed by atoms with E-state index in [1.165, 1.54) is 5.69 Å². The van der Waals surface area contributed by atoms with Crippen molar-refractivity contribution in [3.63, 3.8) is 0 Å². The Labute approximate surface area is 222 Å².